The van der Waals surface area contributed by atoms with Crippen LogP contribution in [0, 0.1) is 0 Å². The molecule has 0 unspecified atom stereocenters. The van der Waals surface area contributed by atoms with E-state index in [1.165, 1.54) is 5.57 Å². The Morgan fingerprint density at radius 3 is 2.54 bits per heavy atom. The molecule has 14 heteroatoms. The smallest absolute Gasteiger partial charge is 0.237 e. The number of benzene rings is 2. The highest BCUT2D eigenvalue weighted by Crippen LogP contribution is 2.29. The molecular formula is C36H42N10O3S. The van der Waals surface area contributed by atoms with Gasteiger partial charge in [0.25, 0.3) is 0 Å². The van der Waals surface area contributed by atoms with Crippen molar-refractivity contribution in [1.82, 2.24) is 40.2 Å². The maximum Gasteiger partial charge on any atom is 0.237 e. The number of rotatable bonds is 14. The van der Waals surface area contributed by atoms with Gasteiger partial charge in [-0.2, -0.15) is 15.2 Å². The number of aromatic amines is 2. The highest BCUT2D eigenvalue weighted by atomic mass is 32.2. The van der Waals surface area contributed by atoms with E-state index in [0.29, 0.717) is 62.3 Å². The molecule has 0 aliphatic carbocycles. The number of thioether (sulfide) groups is 1. The number of nitrogens with zero attached hydrogens (tertiary/aromatic N) is 6. The first kappa shape index (κ1) is 34.6. The van der Waals surface area contributed by atoms with Crippen molar-refractivity contribution in [2.75, 3.05) is 49.4 Å². The number of carbonyl (C=O) groups excluding carboxylic acids is 2. The number of ether oxygens (including phenoxy) is 1. The molecule has 0 bridgehead atoms. The Balaban J connectivity index is 0.979. The van der Waals surface area contributed by atoms with Crippen molar-refractivity contribution in [2.45, 2.75) is 39.2 Å². The van der Waals surface area contributed by atoms with E-state index in [1.807, 2.05) is 67.5 Å². The lowest BCUT2D eigenvalue weighted by Gasteiger charge is -2.29. The summed E-state index contributed by atoms with van der Waals surface area (Å²) < 4.78 is 5.66. The quantitative estimate of drug-likeness (QED) is 0.110. The standard InChI is InChI=1S/C36H42N10O3S/c1-23(2)49-32-13-10-27(20-38-32)34-29-19-28(11-12-30(29)41-42-34)39-31(47)5-4-16-45(22-50-3)21-33(48)46-17-14-25(15-18-46)24-6-8-26(9-7-24)35-40-36(37)44-43-35/h6-14,19-20,23H,4-5,15-18,21-22H2,1-3H3,(H,39,47)(H,41,42)(H3,37,40,43,44). The molecular weight excluding hydrogens is 653 g/mol. The zero-order valence-electron chi connectivity index (χ0n) is 28.5. The molecule has 2 aromatic carbocycles. The second kappa shape index (κ2) is 16.0. The predicted octanol–water partition coefficient (Wildman–Crippen LogP) is 5.44. The van der Waals surface area contributed by atoms with Gasteiger partial charge in [0.05, 0.1) is 18.2 Å². The molecule has 13 nitrogen and oxygen atoms in total. The fourth-order valence-corrected chi connectivity index (χ4v) is 6.47. The number of carbonyl (C=O) groups is 2. The minimum Gasteiger partial charge on any atom is -0.475 e. The topological polar surface area (TPSA) is 171 Å². The van der Waals surface area contributed by atoms with E-state index in [0.717, 1.165) is 39.7 Å². The summed E-state index contributed by atoms with van der Waals surface area (Å²) in [4.78, 5) is 38.8. The largest absolute Gasteiger partial charge is 0.475 e. The molecule has 6 rings (SSSR count). The lowest BCUT2D eigenvalue weighted by atomic mass is 9.98. The maximum absolute atomic E-state index is 13.3. The van der Waals surface area contributed by atoms with Crippen molar-refractivity contribution in [2.24, 2.45) is 0 Å². The van der Waals surface area contributed by atoms with Crippen LogP contribution in [0.25, 0.3) is 39.1 Å². The summed E-state index contributed by atoms with van der Waals surface area (Å²) in [6, 6.07) is 17.5. The normalized spacial score (nSPS) is 13.2. The maximum atomic E-state index is 13.3. The number of amides is 2. The number of pyridine rings is 1. The van der Waals surface area contributed by atoms with Crippen LogP contribution in [0.4, 0.5) is 11.6 Å². The van der Waals surface area contributed by atoms with Crippen LogP contribution in [-0.2, 0) is 9.59 Å². The van der Waals surface area contributed by atoms with Gasteiger partial charge in [-0.1, -0.05) is 30.3 Å². The lowest BCUT2D eigenvalue weighted by Crippen LogP contribution is -2.42. The molecule has 0 saturated heterocycles. The average molecular weight is 695 g/mol. The van der Waals surface area contributed by atoms with Crippen LogP contribution in [-0.4, -0.2) is 96.4 Å². The van der Waals surface area contributed by atoms with Crippen LogP contribution in [0.15, 0.2) is 66.9 Å². The molecule has 0 spiro atoms. The number of anilines is 2. The van der Waals surface area contributed by atoms with Crippen LogP contribution < -0.4 is 15.8 Å². The second-order valence-corrected chi connectivity index (χ2v) is 13.3. The molecule has 0 fully saturated rings. The summed E-state index contributed by atoms with van der Waals surface area (Å²) in [5.74, 6) is 2.14. The van der Waals surface area contributed by atoms with Crippen molar-refractivity contribution in [3.63, 3.8) is 0 Å². The predicted molar refractivity (Wildman–Crippen MR) is 198 cm³/mol. The monoisotopic (exact) mass is 694 g/mol. The summed E-state index contributed by atoms with van der Waals surface area (Å²) in [5.41, 5.74) is 12.0. The molecule has 0 radical (unpaired) electrons. The first-order valence-electron chi connectivity index (χ1n) is 16.6. The minimum absolute atomic E-state index is 0.0403. The number of nitrogens with two attached hydrogens (primary N) is 1. The van der Waals surface area contributed by atoms with Gasteiger partial charge in [0.1, 0.15) is 5.69 Å². The third kappa shape index (κ3) is 8.68. The van der Waals surface area contributed by atoms with Gasteiger partial charge < -0.3 is 20.7 Å². The molecule has 5 N–H and O–H groups in total. The van der Waals surface area contributed by atoms with Gasteiger partial charge in [-0.15, -0.1) is 11.8 Å². The van der Waals surface area contributed by atoms with E-state index < -0.39 is 0 Å². The first-order chi connectivity index (χ1) is 24.2. The Hall–Kier alpha value is -5.21. The Kier molecular flexibility index (Phi) is 11.1. The SMILES string of the molecule is CSCN(CCCC(=O)Nc1ccc2[nH]nc(-c3ccc(OC(C)C)nc3)c2c1)CC(=O)N1CC=C(c2ccc(-c3n[nH]c(N)n3)cc2)CC1. The van der Waals surface area contributed by atoms with E-state index in [1.54, 1.807) is 18.0 Å². The van der Waals surface area contributed by atoms with Gasteiger partial charge in [-0.05, 0) is 74.9 Å². The van der Waals surface area contributed by atoms with Crippen LogP contribution in [0.2, 0.25) is 0 Å². The van der Waals surface area contributed by atoms with E-state index in [4.69, 9.17) is 10.5 Å². The number of aromatic nitrogens is 6. The molecule has 3 aromatic heterocycles. The van der Waals surface area contributed by atoms with Gasteiger partial charge in [0.15, 0.2) is 5.82 Å². The van der Waals surface area contributed by atoms with E-state index in [2.05, 4.69) is 58.8 Å². The van der Waals surface area contributed by atoms with Gasteiger partial charge in [0, 0.05) is 59.9 Å². The Bertz CT molecular complexity index is 1950. The van der Waals surface area contributed by atoms with Crippen LogP contribution >= 0.6 is 11.8 Å². The molecule has 50 heavy (non-hydrogen) atoms. The third-order valence-corrected chi connectivity index (χ3v) is 8.96. The lowest BCUT2D eigenvalue weighted by molar-refractivity contribution is -0.131. The number of nitrogens with one attached hydrogen (secondary N) is 3. The van der Waals surface area contributed by atoms with E-state index in [-0.39, 0.29) is 23.9 Å². The summed E-state index contributed by atoms with van der Waals surface area (Å²) >= 11 is 1.67. The number of H-pyrrole nitrogens is 2. The van der Waals surface area contributed by atoms with Crippen molar-refractivity contribution in [1.29, 1.82) is 0 Å². The number of nitrogen functional groups attached to an aromatic ring is 1. The molecule has 0 saturated carbocycles. The summed E-state index contributed by atoms with van der Waals surface area (Å²) in [5, 5.41) is 18.2. The van der Waals surface area contributed by atoms with Crippen molar-refractivity contribution < 1.29 is 14.3 Å². The molecule has 0 atom stereocenters. The van der Waals surface area contributed by atoms with Crippen molar-refractivity contribution >= 4 is 51.7 Å². The Morgan fingerprint density at radius 2 is 1.86 bits per heavy atom. The highest BCUT2D eigenvalue weighted by Gasteiger charge is 2.21. The van der Waals surface area contributed by atoms with Gasteiger partial charge in [-0.3, -0.25) is 19.6 Å². The van der Waals surface area contributed by atoms with Crippen LogP contribution in [0.5, 0.6) is 5.88 Å². The fraction of sp³-hybridized carbons (Fsp3) is 0.333. The van der Waals surface area contributed by atoms with Crippen LogP contribution in [0.3, 0.4) is 0 Å². The van der Waals surface area contributed by atoms with Gasteiger partial charge >= 0.3 is 0 Å². The van der Waals surface area contributed by atoms with Crippen molar-refractivity contribution in [3.8, 4) is 28.5 Å². The number of hydrogen-bond acceptors (Lipinski definition) is 10. The first-order valence-corrected chi connectivity index (χ1v) is 18.0. The molecule has 260 valence electrons. The van der Waals surface area contributed by atoms with Crippen LogP contribution in [0.1, 0.15) is 38.7 Å². The molecule has 1 aliphatic rings. The fourth-order valence-electron chi connectivity index (χ4n) is 5.89. The Morgan fingerprint density at radius 1 is 1.06 bits per heavy atom. The molecule has 2 amide bonds. The molecule has 4 heterocycles. The number of hydrogen-bond donors (Lipinski definition) is 4. The second-order valence-electron chi connectivity index (χ2n) is 12.4. The highest BCUT2D eigenvalue weighted by molar-refractivity contribution is 7.98. The summed E-state index contributed by atoms with van der Waals surface area (Å²) in [6.07, 6.45) is 7.69. The van der Waals surface area contributed by atoms with Gasteiger partial charge in [-0.25, -0.2) is 10.1 Å². The average Bonchev–Trinajstić information content (AvgIpc) is 3.74. The van der Waals surface area contributed by atoms with Gasteiger partial charge in [0.2, 0.25) is 23.6 Å². The van der Waals surface area contributed by atoms with E-state index in [9.17, 15) is 9.59 Å². The minimum atomic E-state index is -0.0758. The van der Waals surface area contributed by atoms with E-state index >= 15 is 0 Å². The van der Waals surface area contributed by atoms with Crippen molar-refractivity contribution in [3.05, 3.63) is 72.4 Å². The summed E-state index contributed by atoms with van der Waals surface area (Å²) in [7, 11) is 0. The molecule has 5 aromatic rings. The summed E-state index contributed by atoms with van der Waals surface area (Å²) in [6.45, 7) is 6.11. The zero-order chi connectivity index (χ0) is 35.0. The zero-order valence-corrected chi connectivity index (χ0v) is 29.3. The molecule has 1 aliphatic heterocycles. The number of fused-ring (bicyclic) bond motifs is 1. The third-order valence-electron chi connectivity index (χ3n) is 8.34. The Labute approximate surface area is 295 Å².